The number of carbonyl (C=O) groups is 1. The molecule has 6 heteroatoms. The average Bonchev–Trinajstić information content (AvgIpc) is 2.52. The smallest absolute Gasteiger partial charge is 0.335 e. The number of anilines is 3. The van der Waals surface area contributed by atoms with Gasteiger partial charge < -0.3 is 15.7 Å². The van der Waals surface area contributed by atoms with Crippen molar-refractivity contribution in [3.63, 3.8) is 0 Å². The fourth-order valence-electron chi connectivity index (χ4n) is 1.99. The molecule has 1 heterocycles. The van der Waals surface area contributed by atoms with Crippen molar-refractivity contribution in [1.29, 1.82) is 0 Å². The molecule has 1 aromatic carbocycles. The van der Waals surface area contributed by atoms with Gasteiger partial charge in [-0.05, 0) is 24.6 Å². The van der Waals surface area contributed by atoms with E-state index in [0.717, 1.165) is 18.8 Å². The number of carboxylic acid groups (broad SMARTS) is 1. The highest BCUT2D eigenvalue weighted by Crippen LogP contribution is 2.17. The molecule has 3 N–H and O–H groups in total. The lowest BCUT2D eigenvalue weighted by molar-refractivity contribution is 0.0697. The van der Waals surface area contributed by atoms with Gasteiger partial charge in [-0.3, -0.25) is 0 Å². The fourth-order valence-corrected chi connectivity index (χ4v) is 1.99. The topological polar surface area (TPSA) is 87.1 Å². The molecule has 116 valence electrons. The molecule has 0 unspecified atom stereocenters. The van der Waals surface area contributed by atoms with Crippen LogP contribution in [0.4, 0.5) is 17.3 Å². The fraction of sp³-hybridized carbons (Fsp3) is 0.312. The van der Waals surface area contributed by atoms with E-state index < -0.39 is 5.97 Å². The molecule has 0 aliphatic carbocycles. The summed E-state index contributed by atoms with van der Waals surface area (Å²) >= 11 is 0. The summed E-state index contributed by atoms with van der Waals surface area (Å²) < 4.78 is 0. The number of aromatic carboxylic acids is 1. The second kappa shape index (κ2) is 7.97. The van der Waals surface area contributed by atoms with Crippen molar-refractivity contribution in [2.24, 2.45) is 0 Å². The molecule has 2 aromatic rings. The SMILES string of the molecule is CCCCCNc1cc(Nc2cccc(C(=O)O)c2)ncn1. The zero-order chi connectivity index (χ0) is 15.8. The van der Waals surface area contributed by atoms with E-state index in [4.69, 9.17) is 5.11 Å². The first-order valence-corrected chi connectivity index (χ1v) is 7.35. The van der Waals surface area contributed by atoms with Gasteiger partial charge >= 0.3 is 5.97 Å². The Morgan fingerprint density at radius 1 is 1.18 bits per heavy atom. The van der Waals surface area contributed by atoms with Crippen LogP contribution < -0.4 is 10.6 Å². The van der Waals surface area contributed by atoms with Crippen molar-refractivity contribution in [2.75, 3.05) is 17.2 Å². The molecular formula is C16H20N4O2. The highest BCUT2D eigenvalue weighted by molar-refractivity contribution is 5.89. The van der Waals surface area contributed by atoms with E-state index in [1.165, 1.54) is 19.2 Å². The zero-order valence-corrected chi connectivity index (χ0v) is 12.5. The van der Waals surface area contributed by atoms with Crippen LogP contribution in [-0.4, -0.2) is 27.6 Å². The Morgan fingerprint density at radius 2 is 2.00 bits per heavy atom. The largest absolute Gasteiger partial charge is 0.478 e. The number of aromatic nitrogens is 2. The highest BCUT2D eigenvalue weighted by atomic mass is 16.4. The third kappa shape index (κ3) is 4.73. The van der Waals surface area contributed by atoms with Gasteiger partial charge in [-0.15, -0.1) is 0 Å². The third-order valence-electron chi connectivity index (χ3n) is 3.14. The summed E-state index contributed by atoms with van der Waals surface area (Å²) in [5, 5.41) is 15.3. The van der Waals surface area contributed by atoms with E-state index in [2.05, 4.69) is 27.5 Å². The van der Waals surface area contributed by atoms with E-state index in [9.17, 15) is 4.79 Å². The van der Waals surface area contributed by atoms with Gasteiger partial charge in [0, 0.05) is 18.3 Å². The first-order chi connectivity index (χ1) is 10.7. The summed E-state index contributed by atoms with van der Waals surface area (Å²) in [6, 6.07) is 8.41. The lowest BCUT2D eigenvalue weighted by Gasteiger charge is -2.09. The van der Waals surface area contributed by atoms with Gasteiger partial charge in [-0.2, -0.15) is 0 Å². The molecule has 0 spiro atoms. The highest BCUT2D eigenvalue weighted by Gasteiger charge is 2.04. The lowest BCUT2D eigenvalue weighted by Crippen LogP contribution is -2.04. The van der Waals surface area contributed by atoms with E-state index in [-0.39, 0.29) is 5.56 Å². The first kappa shape index (κ1) is 15.8. The number of hydrogen-bond acceptors (Lipinski definition) is 5. The maximum atomic E-state index is 11.0. The second-order valence-electron chi connectivity index (χ2n) is 4.93. The Hall–Kier alpha value is -2.63. The van der Waals surface area contributed by atoms with Crippen molar-refractivity contribution >= 4 is 23.3 Å². The van der Waals surface area contributed by atoms with Crippen LogP contribution >= 0.6 is 0 Å². The summed E-state index contributed by atoms with van der Waals surface area (Å²) in [4.78, 5) is 19.3. The quantitative estimate of drug-likeness (QED) is 0.647. The van der Waals surface area contributed by atoms with E-state index >= 15 is 0 Å². The molecule has 0 bridgehead atoms. The van der Waals surface area contributed by atoms with Gasteiger partial charge in [0.15, 0.2) is 0 Å². The van der Waals surface area contributed by atoms with Gasteiger partial charge in [0.25, 0.3) is 0 Å². The predicted molar refractivity (Wildman–Crippen MR) is 86.7 cm³/mol. The van der Waals surface area contributed by atoms with Crippen LogP contribution in [0.15, 0.2) is 36.7 Å². The average molecular weight is 300 g/mol. The zero-order valence-electron chi connectivity index (χ0n) is 12.5. The van der Waals surface area contributed by atoms with Crippen LogP contribution in [0.1, 0.15) is 36.5 Å². The standard InChI is InChI=1S/C16H20N4O2/c1-2-3-4-8-17-14-10-15(19-11-18-14)20-13-7-5-6-12(9-13)16(21)22/h5-7,9-11H,2-4,8H2,1H3,(H,21,22)(H2,17,18,19,20). The molecule has 0 radical (unpaired) electrons. The summed E-state index contributed by atoms with van der Waals surface area (Å²) in [5.41, 5.74) is 0.910. The molecule has 6 nitrogen and oxygen atoms in total. The first-order valence-electron chi connectivity index (χ1n) is 7.35. The van der Waals surface area contributed by atoms with E-state index in [0.29, 0.717) is 11.5 Å². The van der Waals surface area contributed by atoms with Crippen molar-refractivity contribution < 1.29 is 9.90 Å². The molecule has 0 aliphatic heterocycles. The molecular weight excluding hydrogens is 280 g/mol. The number of unbranched alkanes of at least 4 members (excludes halogenated alkanes) is 2. The minimum absolute atomic E-state index is 0.233. The van der Waals surface area contributed by atoms with E-state index in [1.807, 2.05) is 0 Å². The minimum atomic E-state index is -0.954. The molecule has 0 amide bonds. The molecule has 2 rings (SSSR count). The van der Waals surface area contributed by atoms with Crippen LogP contribution in [-0.2, 0) is 0 Å². The number of carboxylic acids is 1. The van der Waals surface area contributed by atoms with Crippen molar-refractivity contribution in [3.8, 4) is 0 Å². The van der Waals surface area contributed by atoms with Crippen LogP contribution in [0.25, 0.3) is 0 Å². The van der Waals surface area contributed by atoms with Gasteiger partial charge in [-0.25, -0.2) is 14.8 Å². The van der Waals surface area contributed by atoms with Crippen molar-refractivity contribution in [3.05, 3.63) is 42.2 Å². The van der Waals surface area contributed by atoms with Crippen molar-refractivity contribution in [1.82, 2.24) is 9.97 Å². The monoisotopic (exact) mass is 300 g/mol. The Kier molecular flexibility index (Phi) is 5.71. The van der Waals surface area contributed by atoms with Crippen molar-refractivity contribution in [2.45, 2.75) is 26.2 Å². The molecule has 0 atom stereocenters. The summed E-state index contributed by atoms with van der Waals surface area (Å²) in [6.45, 7) is 3.04. The summed E-state index contributed by atoms with van der Waals surface area (Å²) in [6.07, 6.45) is 4.94. The molecule has 1 aromatic heterocycles. The lowest BCUT2D eigenvalue weighted by atomic mass is 10.2. The van der Waals surface area contributed by atoms with E-state index in [1.54, 1.807) is 30.3 Å². The maximum Gasteiger partial charge on any atom is 0.335 e. The Labute approximate surface area is 129 Å². The maximum absolute atomic E-state index is 11.0. The number of rotatable bonds is 8. The van der Waals surface area contributed by atoms with Gasteiger partial charge in [0.2, 0.25) is 0 Å². The second-order valence-corrected chi connectivity index (χ2v) is 4.93. The Morgan fingerprint density at radius 3 is 2.77 bits per heavy atom. The normalized spacial score (nSPS) is 10.2. The Bertz CT molecular complexity index is 631. The Balaban J connectivity index is 2.00. The molecule has 0 fully saturated rings. The number of nitrogens with one attached hydrogen (secondary N) is 2. The van der Waals surface area contributed by atoms with Crippen LogP contribution in [0, 0.1) is 0 Å². The number of benzene rings is 1. The number of hydrogen-bond donors (Lipinski definition) is 3. The number of nitrogens with zero attached hydrogens (tertiary/aromatic N) is 2. The summed E-state index contributed by atoms with van der Waals surface area (Å²) in [5.74, 6) is 0.420. The molecule has 0 saturated carbocycles. The predicted octanol–water partition coefficient (Wildman–Crippen LogP) is 3.52. The molecule has 0 aliphatic rings. The summed E-state index contributed by atoms with van der Waals surface area (Å²) in [7, 11) is 0. The van der Waals surface area contributed by atoms with Crippen LogP contribution in [0.2, 0.25) is 0 Å². The van der Waals surface area contributed by atoms with Crippen LogP contribution in [0.5, 0.6) is 0 Å². The van der Waals surface area contributed by atoms with Gasteiger partial charge in [0.05, 0.1) is 5.56 Å². The van der Waals surface area contributed by atoms with Crippen LogP contribution in [0.3, 0.4) is 0 Å². The van der Waals surface area contributed by atoms with Gasteiger partial charge in [-0.1, -0.05) is 25.8 Å². The van der Waals surface area contributed by atoms with Gasteiger partial charge in [0.1, 0.15) is 18.0 Å². The third-order valence-corrected chi connectivity index (χ3v) is 3.14. The molecule has 22 heavy (non-hydrogen) atoms. The minimum Gasteiger partial charge on any atom is -0.478 e. The molecule has 0 saturated heterocycles.